The van der Waals surface area contributed by atoms with Crippen molar-refractivity contribution in [2.24, 2.45) is 0 Å². The molecule has 1 N–H and O–H groups in total. The molecule has 1 aromatic heterocycles. The van der Waals surface area contributed by atoms with Gasteiger partial charge < -0.3 is 4.98 Å². The van der Waals surface area contributed by atoms with Gasteiger partial charge in [-0.1, -0.05) is 0 Å². The summed E-state index contributed by atoms with van der Waals surface area (Å²) in [5.74, 6) is 0.639. The Hall–Kier alpha value is -1.95. The summed E-state index contributed by atoms with van der Waals surface area (Å²) in [6.07, 6.45) is 0. The summed E-state index contributed by atoms with van der Waals surface area (Å²) in [7, 11) is 0. The summed E-state index contributed by atoms with van der Waals surface area (Å²) >= 11 is 0. The number of hydrogen-bond acceptors (Lipinski definition) is 3. The Bertz CT molecular complexity index is 533. The van der Waals surface area contributed by atoms with Crippen molar-refractivity contribution in [1.82, 2.24) is 9.97 Å². The average molecular weight is 206 g/mol. The van der Waals surface area contributed by atoms with Gasteiger partial charge in [0.05, 0.1) is 16.0 Å². The van der Waals surface area contributed by atoms with Gasteiger partial charge in [0.15, 0.2) is 0 Å². The lowest BCUT2D eigenvalue weighted by Gasteiger charge is -1.96. The zero-order chi connectivity index (χ0) is 11.0. The lowest BCUT2D eigenvalue weighted by atomic mass is 10.1. The monoisotopic (exact) mass is 206 g/mol. The molecule has 1 heterocycles. The molecule has 0 saturated carbocycles. The van der Waals surface area contributed by atoms with E-state index < -0.39 is 11.5 Å². The average Bonchev–Trinajstić information content (AvgIpc) is 2.56. The van der Waals surface area contributed by atoms with Gasteiger partial charge >= 0.3 is 0 Å². The number of aromatic amines is 1. The molecule has 15 heavy (non-hydrogen) atoms. The number of fused-ring (bicyclic) bond motifs is 1. The molecule has 2 aromatic rings. The van der Waals surface area contributed by atoms with E-state index in [0.29, 0.717) is 22.4 Å². The van der Waals surface area contributed by atoms with Gasteiger partial charge in [0, 0.05) is 17.7 Å². The number of nitrogens with zero attached hydrogens (tertiary/aromatic N) is 2. The second kappa shape index (κ2) is 3.32. The summed E-state index contributed by atoms with van der Waals surface area (Å²) in [6, 6.07) is 2.66. The van der Waals surface area contributed by atoms with Gasteiger partial charge in [0.25, 0.3) is 5.69 Å². The first-order valence-corrected chi connectivity index (χ1v) is 4.33. The Morgan fingerprint density at radius 1 is 1.53 bits per heavy atom. The van der Waals surface area contributed by atoms with E-state index in [0.717, 1.165) is 0 Å². The highest BCUT2D eigenvalue weighted by atomic mass is 16.6. The van der Waals surface area contributed by atoms with Crippen LogP contribution < -0.4 is 0 Å². The molecule has 0 aliphatic heterocycles. The number of benzene rings is 1. The Kier molecular flexibility index (Phi) is 2.12. The highest BCUT2D eigenvalue weighted by molar-refractivity contribution is 5.81. The van der Waals surface area contributed by atoms with Gasteiger partial charge in [-0.05, 0) is 6.92 Å². The molecular weight excluding hydrogens is 198 g/mol. The van der Waals surface area contributed by atoms with Crippen molar-refractivity contribution in [3.05, 3.63) is 33.6 Å². The van der Waals surface area contributed by atoms with Crippen LogP contribution in [0.2, 0.25) is 0 Å². The zero-order valence-corrected chi connectivity index (χ0v) is 7.98. The molecule has 0 aliphatic carbocycles. The second-order valence-corrected chi connectivity index (χ2v) is 3.22. The van der Waals surface area contributed by atoms with Gasteiger partial charge in [-0.25, -0.2) is 10.1 Å². The van der Waals surface area contributed by atoms with Crippen LogP contribution in [0.4, 0.5) is 5.69 Å². The predicted molar refractivity (Wildman–Crippen MR) is 51.9 cm³/mol. The van der Waals surface area contributed by atoms with Gasteiger partial charge in [-0.2, -0.15) is 0 Å². The maximum Gasteiger partial charge on any atom is 0.272 e. The van der Waals surface area contributed by atoms with E-state index in [1.807, 2.05) is 0 Å². The first-order chi connectivity index (χ1) is 7.11. The van der Waals surface area contributed by atoms with E-state index in [-0.39, 0.29) is 5.69 Å². The molecule has 0 amide bonds. The molecule has 2 rings (SSSR count). The Morgan fingerprint density at radius 2 is 2.27 bits per heavy atom. The highest BCUT2D eigenvalue weighted by Crippen LogP contribution is 2.23. The molecule has 6 heteroatoms. The first kappa shape index (κ1) is 9.60. The number of nitrogens with one attached hydrogen (secondary N) is 1. The fourth-order valence-corrected chi connectivity index (χ4v) is 1.51. The molecule has 0 spiro atoms. The van der Waals surface area contributed by atoms with Crippen LogP contribution in [0.5, 0.6) is 0 Å². The van der Waals surface area contributed by atoms with Crippen LogP contribution in [-0.4, -0.2) is 14.9 Å². The van der Waals surface area contributed by atoms with Crippen LogP contribution in [0.25, 0.3) is 11.0 Å². The van der Waals surface area contributed by atoms with E-state index in [9.17, 15) is 15.2 Å². The molecule has 1 aromatic carbocycles. The van der Waals surface area contributed by atoms with Crippen LogP contribution in [0.1, 0.15) is 11.4 Å². The number of aromatic nitrogens is 2. The summed E-state index contributed by atoms with van der Waals surface area (Å²) in [4.78, 5) is 17.0. The van der Waals surface area contributed by atoms with Crippen LogP contribution in [0, 0.1) is 17.0 Å². The Balaban J connectivity index is 2.76. The Labute approximate surface area is 84.7 Å². The molecule has 6 nitrogen and oxygen atoms in total. The van der Waals surface area contributed by atoms with E-state index in [1.165, 1.54) is 12.1 Å². The zero-order valence-electron chi connectivity index (χ0n) is 7.98. The van der Waals surface area contributed by atoms with E-state index in [4.69, 9.17) is 0 Å². The van der Waals surface area contributed by atoms with Gasteiger partial charge in [-0.3, -0.25) is 10.1 Å². The lowest BCUT2D eigenvalue weighted by Crippen LogP contribution is -1.91. The molecular formula is C9H8N3O3. The number of aryl methyl sites for hydroxylation is 1. The second-order valence-electron chi connectivity index (χ2n) is 3.22. The van der Waals surface area contributed by atoms with Crippen LogP contribution in [0.15, 0.2) is 12.1 Å². The summed E-state index contributed by atoms with van der Waals surface area (Å²) in [5, 5.41) is 21.4. The standard InChI is InChI=1S/C9H8N3O3/c1-5-10-8-3-7(12(14)15)2-6(4-13)9(8)11-5/h2-3H,4H2,1H3,(H,10,11). The molecule has 0 atom stereocenters. The third kappa shape index (κ3) is 1.55. The maximum atomic E-state index is 10.9. The molecule has 77 valence electrons. The van der Waals surface area contributed by atoms with Gasteiger partial charge in [-0.15, -0.1) is 0 Å². The summed E-state index contributed by atoms with van der Waals surface area (Å²) in [5.41, 5.74) is 1.32. The van der Waals surface area contributed by atoms with Crippen molar-refractivity contribution in [2.45, 2.75) is 13.5 Å². The van der Waals surface area contributed by atoms with Crippen LogP contribution in [0.3, 0.4) is 0 Å². The highest BCUT2D eigenvalue weighted by Gasteiger charge is 2.13. The van der Waals surface area contributed by atoms with Crippen molar-refractivity contribution in [1.29, 1.82) is 0 Å². The van der Waals surface area contributed by atoms with Crippen molar-refractivity contribution in [2.75, 3.05) is 0 Å². The van der Waals surface area contributed by atoms with Gasteiger partial charge in [0.2, 0.25) is 0 Å². The number of nitro benzene ring substituents is 1. The number of H-pyrrole nitrogens is 1. The maximum absolute atomic E-state index is 10.9. The largest absolute Gasteiger partial charge is 0.342 e. The number of non-ortho nitro benzene ring substituents is 1. The quantitative estimate of drug-likeness (QED) is 0.598. The smallest absolute Gasteiger partial charge is 0.272 e. The molecule has 0 bridgehead atoms. The summed E-state index contributed by atoms with van der Waals surface area (Å²) in [6.45, 7) is 1.23. The number of imidazole rings is 1. The normalized spacial score (nSPS) is 10.8. The molecule has 1 radical (unpaired) electrons. The van der Waals surface area contributed by atoms with Crippen molar-refractivity contribution >= 4 is 16.7 Å². The van der Waals surface area contributed by atoms with Crippen molar-refractivity contribution in [3.8, 4) is 0 Å². The van der Waals surface area contributed by atoms with Crippen LogP contribution in [-0.2, 0) is 11.7 Å². The lowest BCUT2D eigenvalue weighted by molar-refractivity contribution is -0.384. The number of rotatable bonds is 2. The number of nitro groups is 1. The number of hydrogen-bond donors (Lipinski definition) is 1. The van der Waals surface area contributed by atoms with Crippen LogP contribution >= 0.6 is 0 Å². The minimum absolute atomic E-state index is 0.0861. The molecule has 0 saturated heterocycles. The third-order valence-electron chi connectivity index (χ3n) is 2.14. The fraction of sp³-hybridized carbons (Fsp3) is 0.222. The fourth-order valence-electron chi connectivity index (χ4n) is 1.51. The van der Waals surface area contributed by atoms with E-state index in [1.54, 1.807) is 6.92 Å². The minimum Gasteiger partial charge on any atom is -0.342 e. The molecule has 0 fully saturated rings. The summed E-state index contributed by atoms with van der Waals surface area (Å²) < 4.78 is 0. The Morgan fingerprint density at radius 3 is 2.87 bits per heavy atom. The van der Waals surface area contributed by atoms with Crippen molar-refractivity contribution < 1.29 is 10.0 Å². The van der Waals surface area contributed by atoms with E-state index in [2.05, 4.69) is 9.97 Å². The van der Waals surface area contributed by atoms with E-state index >= 15 is 0 Å². The third-order valence-corrected chi connectivity index (χ3v) is 2.14. The predicted octanol–water partition coefficient (Wildman–Crippen LogP) is 1.71. The first-order valence-electron chi connectivity index (χ1n) is 4.33. The van der Waals surface area contributed by atoms with Crippen molar-refractivity contribution in [3.63, 3.8) is 0 Å². The molecule has 0 aliphatic rings. The minimum atomic E-state index is -0.519. The van der Waals surface area contributed by atoms with Gasteiger partial charge in [0.1, 0.15) is 12.4 Å². The topological polar surface area (TPSA) is 91.7 Å². The molecule has 0 unspecified atom stereocenters. The SMILES string of the molecule is Cc1nc2c(C[O])cc([N+](=O)[O-])cc2[nH]1.